The van der Waals surface area contributed by atoms with Crippen LogP contribution in [0.1, 0.15) is 21.6 Å². The molecule has 2 aromatic rings. The van der Waals surface area contributed by atoms with Gasteiger partial charge in [0.25, 0.3) is 11.1 Å². The van der Waals surface area contributed by atoms with E-state index in [0.29, 0.717) is 12.1 Å². The SMILES string of the molecule is O=C(NCc1ccccn1)c1cccc(CN2C(=O)CSC2=O)c1. The molecule has 1 N–H and O–H groups in total. The number of pyridine rings is 1. The van der Waals surface area contributed by atoms with Gasteiger partial charge < -0.3 is 5.32 Å². The van der Waals surface area contributed by atoms with Crippen molar-refractivity contribution in [2.24, 2.45) is 0 Å². The molecule has 0 bridgehead atoms. The number of aromatic nitrogens is 1. The van der Waals surface area contributed by atoms with Crippen LogP contribution in [0.4, 0.5) is 4.79 Å². The van der Waals surface area contributed by atoms with Crippen LogP contribution in [-0.2, 0) is 17.9 Å². The van der Waals surface area contributed by atoms with Crippen LogP contribution in [0.2, 0.25) is 0 Å². The van der Waals surface area contributed by atoms with E-state index in [-0.39, 0.29) is 29.4 Å². The highest BCUT2D eigenvalue weighted by atomic mass is 32.2. The zero-order valence-electron chi connectivity index (χ0n) is 12.8. The molecule has 7 heteroatoms. The zero-order valence-corrected chi connectivity index (χ0v) is 13.6. The number of nitrogens with zero attached hydrogens (tertiary/aromatic N) is 2. The lowest BCUT2D eigenvalue weighted by atomic mass is 10.1. The van der Waals surface area contributed by atoms with Crippen LogP contribution in [0.3, 0.4) is 0 Å². The largest absolute Gasteiger partial charge is 0.346 e. The van der Waals surface area contributed by atoms with Crippen molar-refractivity contribution in [1.29, 1.82) is 0 Å². The summed E-state index contributed by atoms with van der Waals surface area (Å²) < 4.78 is 0. The maximum atomic E-state index is 12.2. The summed E-state index contributed by atoms with van der Waals surface area (Å²) in [6.07, 6.45) is 1.67. The molecule has 1 aromatic heterocycles. The van der Waals surface area contributed by atoms with Crippen LogP contribution >= 0.6 is 11.8 Å². The van der Waals surface area contributed by atoms with Crippen LogP contribution in [0.15, 0.2) is 48.7 Å². The molecule has 1 aliphatic rings. The Morgan fingerprint density at radius 2 is 2.08 bits per heavy atom. The second-order valence-corrected chi connectivity index (χ2v) is 6.17. The Morgan fingerprint density at radius 1 is 1.21 bits per heavy atom. The molecule has 0 atom stereocenters. The monoisotopic (exact) mass is 341 g/mol. The van der Waals surface area contributed by atoms with Crippen molar-refractivity contribution >= 4 is 28.8 Å². The normalized spacial score (nSPS) is 14.1. The van der Waals surface area contributed by atoms with E-state index < -0.39 is 0 Å². The molecule has 0 unspecified atom stereocenters. The number of thioether (sulfide) groups is 1. The third-order valence-electron chi connectivity index (χ3n) is 3.53. The van der Waals surface area contributed by atoms with Crippen molar-refractivity contribution in [2.45, 2.75) is 13.1 Å². The predicted octanol–water partition coefficient (Wildman–Crippen LogP) is 2.21. The Bertz CT molecular complexity index is 764. The summed E-state index contributed by atoms with van der Waals surface area (Å²) in [5, 5.41) is 2.56. The molecule has 0 saturated carbocycles. The standard InChI is InChI=1S/C17H15N3O3S/c21-15-11-24-17(23)20(15)10-12-4-3-5-13(8-12)16(22)19-9-14-6-1-2-7-18-14/h1-8H,9-11H2,(H,19,22). The van der Waals surface area contributed by atoms with Crippen molar-refractivity contribution in [1.82, 2.24) is 15.2 Å². The first kappa shape index (κ1) is 16.2. The van der Waals surface area contributed by atoms with Gasteiger partial charge in [0, 0.05) is 11.8 Å². The number of benzene rings is 1. The summed E-state index contributed by atoms with van der Waals surface area (Å²) in [5.41, 5.74) is 1.99. The van der Waals surface area contributed by atoms with Gasteiger partial charge in [-0.25, -0.2) is 0 Å². The highest BCUT2D eigenvalue weighted by molar-refractivity contribution is 8.14. The van der Waals surface area contributed by atoms with Crippen molar-refractivity contribution < 1.29 is 14.4 Å². The third-order valence-corrected chi connectivity index (χ3v) is 4.39. The molecule has 2 heterocycles. The molecule has 0 spiro atoms. The molecule has 1 fully saturated rings. The van der Waals surface area contributed by atoms with Crippen molar-refractivity contribution in [3.8, 4) is 0 Å². The molecular formula is C17H15N3O3S. The molecule has 0 radical (unpaired) electrons. The van der Waals surface area contributed by atoms with Gasteiger partial charge in [-0.3, -0.25) is 24.3 Å². The molecule has 122 valence electrons. The molecule has 1 saturated heterocycles. The van der Waals surface area contributed by atoms with Crippen LogP contribution in [-0.4, -0.2) is 32.7 Å². The maximum Gasteiger partial charge on any atom is 0.289 e. The van der Waals surface area contributed by atoms with Gasteiger partial charge >= 0.3 is 0 Å². The second-order valence-electron chi connectivity index (χ2n) is 5.24. The van der Waals surface area contributed by atoms with E-state index in [4.69, 9.17) is 0 Å². The van der Waals surface area contributed by atoms with Crippen LogP contribution in [0, 0.1) is 0 Å². The molecule has 6 nitrogen and oxygen atoms in total. The highest BCUT2D eigenvalue weighted by Gasteiger charge is 2.29. The molecule has 24 heavy (non-hydrogen) atoms. The first-order chi connectivity index (χ1) is 11.6. The van der Waals surface area contributed by atoms with Crippen molar-refractivity contribution in [3.63, 3.8) is 0 Å². The summed E-state index contributed by atoms with van der Waals surface area (Å²) >= 11 is 1.00. The smallest absolute Gasteiger partial charge is 0.289 e. The molecule has 3 amide bonds. The number of carbonyl (C=O) groups is 3. The van der Waals surface area contributed by atoms with Crippen molar-refractivity contribution in [2.75, 3.05) is 5.75 Å². The second kappa shape index (κ2) is 7.27. The Balaban J connectivity index is 1.65. The minimum absolute atomic E-state index is 0.184. The van der Waals surface area contributed by atoms with E-state index in [2.05, 4.69) is 10.3 Å². The number of hydrogen-bond donors (Lipinski definition) is 1. The first-order valence-electron chi connectivity index (χ1n) is 7.37. The number of imide groups is 1. The number of nitrogens with one attached hydrogen (secondary N) is 1. The molecule has 1 aromatic carbocycles. The van der Waals surface area contributed by atoms with Gasteiger partial charge in [-0.05, 0) is 29.8 Å². The van der Waals surface area contributed by atoms with E-state index in [1.165, 1.54) is 4.90 Å². The Hall–Kier alpha value is -2.67. The van der Waals surface area contributed by atoms with Gasteiger partial charge in [-0.1, -0.05) is 30.0 Å². The topological polar surface area (TPSA) is 79.4 Å². The average Bonchev–Trinajstić information content (AvgIpc) is 2.93. The molecular weight excluding hydrogens is 326 g/mol. The fraction of sp³-hybridized carbons (Fsp3) is 0.176. The third kappa shape index (κ3) is 3.80. The van der Waals surface area contributed by atoms with E-state index in [1.54, 1.807) is 30.5 Å². The number of hydrogen-bond acceptors (Lipinski definition) is 5. The summed E-state index contributed by atoms with van der Waals surface area (Å²) in [4.78, 5) is 40.9. The minimum Gasteiger partial charge on any atom is -0.346 e. The van der Waals surface area contributed by atoms with E-state index in [9.17, 15) is 14.4 Å². The maximum absolute atomic E-state index is 12.2. The van der Waals surface area contributed by atoms with Gasteiger partial charge in [0.1, 0.15) is 0 Å². The van der Waals surface area contributed by atoms with E-state index in [0.717, 1.165) is 23.0 Å². The van der Waals surface area contributed by atoms with Gasteiger partial charge in [0.15, 0.2) is 0 Å². The minimum atomic E-state index is -0.245. The molecule has 1 aliphatic heterocycles. The van der Waals surface area contributed by atoms with Crippen molar-refractivity contribution in [3.05, 3.63) is 65.5 Å². The van der Waals surface area contributed by atoms with E-state index in [1.807, 2.05) is 18.2 Å². The Kier molecular flexibility index (Phi) is 4.90. The highest BCUT2D eigenvalue weighted by Crippen LogP contribution is 2.21. The Labute approximate surface area is 143 Å². The summed E-state index contributed by atoms with van der Waals surface area (Å²) in [7, 11) is 0. The van der Waals surface area contributed by atoms with E-state index >= 15 is 0 Å². The fourth-order valence-corrected chi connectivity index (χ4v) is 3.03. The number of rotatable bonds is 5. The summed E-state index contributed by atoms with van der Waals surface area (Å²) in [5.74, 6) is -0.241. The van der Waals surface area contributed by atoms with Gasteiger partial charge in [0.2, 0.25) is 5.91 Å². The lowest BCUT2D eigenvalue weighted by Gasteiger charge is -2.13. The van der Waals surface area contributed by atoms with Crippen LogP contribution < -0.4 is 5.32 Å². The predicted molar refractivity (Wildman–Crippen MR) is 90.3 cm³/mol. The fourth-order valence-electron chi connectivity index (χ4n) is 2.30. The summed E-state index contributed by atoms with van der Waals surface area (Å²) in [6.45, 7) is 0.523. The lowest BCUT2D eigenvalue weighted by Crippen LogP contribution is -2.28. The Morgan fingerprint density at radius 3 is 2.79 bits per heavy atom. The van der Waals surface area contributed by atoms with Crippen LogP contribution in [0.5, 0.6) is 0 Å². The first-order valence-corrected chi connectivity index (χ1v) is 8.36. The summed E-state index contributed by atoms with van der Waals surface area (Å²) in [6, 6.07) is 12.4. The lowest BCUT2D eigenvalue weighted by molar-refractivity contribution is -0.125. The molecule has 3 rings (SSSR count). The average molecular weight is 341 g/mol. The quantitative estimate of drug-likeness (QED) is 0.902. The molecule has 0 aliphatic carbocycles. The van der Waals surface area contributed by atoms with Gasteiger partial charge in [0.05, 0.1) is 24.5 Å². The number of carbonyl (C=O) groups excluding carboxylic acids is 3. The zero-order chi connectivity index (χ0) is 16.9. The number of amides is 3. The van der Waals surface area contributed by atoms with Gasteiger partial charge in [-0.2, -0.15) is 0 Å². The van der Waals surface area contributed by atoms with Gasteiger partial charge in [-0.15, -0.1) is 0 Å². The van der Waals surface area contributed by atoms with Crippen LogP contribution in [0.25, 0.3) is 0 Å².